The van der Waals surface area contributed by atoms with Gasteiger partial charge in [-0.25, -0.2) is 13.1 Å². The molecule has 19 heavy (non-hydrogen) atoms. The van der Waals surface area contributed by atoms with Gasteiger partial charge in [0, 0.05) is 6.04 Å². The number of nitrogen functional groups attached to an aromatic ring is 1. The highest BCUT2D eigenvalue weighted by atomic mass is 35.5. The van der Waals surface area contributed by atoms with Gasteiger partial charge >= 0.3 is 0 Å². The average molecular weight is 323 g/mol. The second-order valence-corrected chi connectivity index (χ2v) is 7.34. The summed E-state index contributed by atoms with van der Waals surface area (Å²) in [5.74, 6) is 0.401. The molecular formula is C12H16Cl2N2O2S. The largest absolute Gasteiger partial charge is 0.396 e. The second-order valence-electron chi connectivity index (χ2n) is 4.87. The third-order valence-electron chi connectivity index (χ3n) is 3.58. The van der Waals surface area contributed by atoms with E-state index in [4.69, 9.17) is 28.9 Å². The van der Waals surface area contributed by atoms with Gasteiger partial charge in [0.05, 0.1) is 15.7 Å². The van der Waals surface area contributed by atoms with Gasteiger partial charge in [0.1, 0.15) is 4.90 Å². The van der Waals surface area contributed by atoms with Gasteiger partial charge in [-0.3, -0.25) is 0 Å². The molecule has 2 rings (SSSR count). The highest BCUT2D eigenvalue weighted by Gasteiger charge is 2.29. The van der Waals surface area contributed by atoms with Crippen molar-refractivity contribution in [3.63, 3.8) is 0 Å². The van der Waals surface area contributed by atoms with Crippen molar-refractivity contribution in [1.82, 2.24) is 4.72 Å². The van der Waals surface area contributed by atoms with Crippen molar-refractivity contribution in [2.75, 3.05) is 5.73 Å². The molecule has 0 spiro atoms. The van der Waals surface area contributed by atoms with Crippen molar-refractivity contribution in [2.45, 2.75) is 37.1 Å². The van der Waals surface area contributed by atoms with E-state index in [9.17, 15) is 8.42 Å². The lowest BCUT2D eigenvalue weighted by Gasteiger charge is -2.31. The number of sulfonamides is 1. The Bertz CT molecular complexity index is 586. The number of hydrogen-bond donors (Lipinski definition) is 2. The molecule has 4 nitrogen and oxygen atoms in total. The molecule has 1 aromatic rings. The molecule has 1 atom stereocenters. The molecule has 1 saturated carbocycles. The van der Waals surface area contributed by atoms with Crippen molar-refractivity contribution in [1.29, 1.82) is 0 Å². The van der Waals surface area contributed by atoms with Crippen molar-refractivity contribution in [3.05, 3.63) is 22.2 Å². The van der Waals surface area contributed by atoms with Gasteiger partial charge in [-0.15, -0.1) is 0 Å². The summed E-state index contributed by atoms with van der Waals surface area (Å²) in [4.78, 5) is -0.0257. The van der Waals surface area contributed by atoms with E-state index in [1.165, 1.54) is 12.1 Å². The number of nitrogens with one attached hydrogen (secondary N) is 1. The summed E-state index contributed by atoms with van der Waals surface area (Å²) in [6, 6.07) is 2.70. The van der Waals surface area contributed by atoms with E-state index in [0.29, 0.717) is 5.92 Å². The van der Waals surface area contributed by atoms with Gasteiger partial charge in [0.15, 0.2) is 0 Å². The third-order valence-corrected chi connectivity index (χ3v) is 6.03. The maximum atomic E-state index is 12.3. The Labute approximate surface area is 123 Å². The van der Waals surface area contributed by atoms with Crippen LogP contribution < -0.4 is 10.5 Å². The quantitative estimate of drug-likeness (QED) is 0.837. The molecule has 0 radical (unpaired) electrons. The Morgan fingerprint density at radius 1 is 1.37 bits per heavy atom. The van der Waals surface area contributed by atoms with Crippen LogP contribution in [-0.4, -0.2) is 14.5 Å². The zero-order chi connectivity index (χ0) is 14.2. The summed E-state index contributed by atoms with van der Waals surface area (Å²) in [5.41, 5.74) is 5.74. The Kier molecular flexibility index (Phi) is 4.30. The van der Waals surface area contributed by atoms with Crippen molar-refractivity contribution in [2.24, 2.45) is 5.92 Å². The van der Waals surface area contributed by atoms with E-state index in [1.54, 1.807) is 0 Å². The first kappa shape index (κ1) is 14.9. The van der Waals surface area contributed by atoms with Crippen molar-refractivity contribution < 1.29 is 8.42 Å². The fraction of sp³-hybridized carbons (Fsp3) is 0.500. The molecule has 0 aromatic heterocycles. The first-order valence-electron chi connectivity index (χ1n) is 6.08. The van der Waals surface area contributed by atoms with Crippen LogP contribution in [0.5, 0.6) is 0 Å². The lowest BCUT2D eigenvalue weighted by molar-refractivity contribution is 0.260. The zero-order valence-electron chi connectivity index (χ0n) is 10.5. The lowest BCUT2D eigenvalue weighted by atomic mass is 9.81. The minimum atomic E-state index is -3.67. The third kappa shape index (κ3) is 2.99. The maximum Gasteiger partial charge on any atom is 0.242 e. The van der Waals surface area contributed by atoms with Crippen LogP contribution in [0.25, 0.3) is 0 Å². The van der Waals surface area contributed by atoms with E-state index in [0.717, 1.165) is 19.3 Å². The van der Waals surface area contributed by atoms with E-state index in [-0.39, 0.29) is 26.7 Å². The second kappa shape index (κ2) is 5.48. The average Bonchev–Trinajstić information content (AvgIpc) is 2.22. The standard InChI is InChI=1S/C12H16Cl2N2O2S/c1-7(8-3-2-4-8)16-19(17,18)10-6-5-9(13)12(15)11(10)14/h5-8,16H,2-4,15H2,1H3. The van der Waals surface area contributed by atoms with E-state index in [1.807, 2.05) is 6.92 Å². The summed E-state index contributed by atoms with van der Waals surface area (Å²) in [5, 5.41) is 0.219. The van der Waals surface area contributed by atoms with Crippen LogP contribution in [0.3, 0.4) is 0 Å². The van der Waals surface area contributed by atoms with Gasteiger partial charge in [0.2, 0.25) is 10.0 Å². The minimum absolute atomic E-state index is 0.0257. The fourth-order valence-corrected chi connectivity index (χ4v) is 4.18. The van der Waals surface area contributed by atoms with Gasteiger partial charge in [-0.1, -0.05) is 29.6 Å². The molecule has 0 heterocycles. The number of hydrogen-bond acceptors (Lipinski definition) is 3. The normalized spacial score (nSPS) is 18.1. The summed E-state index contributed by atoms with van der Waals surface area (Å²) in [6.45, 7) is 1.87. The van der Waals surface area contributed by atoms with Gasteiger partial charge in [-0.05, 0) is 37.8 Å². The summed E-state index contributed by atoms with van der Waals surface area (Å²) >= 11 is 11.8. The molecule has 3 N–H and O–H groups in total. The molecule has 0 aliphatic heterocycles. The monoisotopic (exact) mass is 322 g/mol. The first-order valence-corrected chi connectivity index (χ1v) is 8.32. The number of benzene rings is 1. The summed E-state index contributed by atoms with van der Waals surface area (Å²) in [6.07, 6.45) is 3.27. The molecule has 1 aliphatic rings. The molecule has 1 aliphatic carbocycles. The Morgan fingerprint density at radius 2 is 2.00 bits per heavy atom. The molecule has 0 bridgehead atoms. The molecule has 1 fully saturated rings. The van der Waals surface area contributed by atoms with Gasteiger partial charge < -0.3 is 5.73 Å². The molecule has 0 amide bonds. The smallest absolute Gasteiger partial charge is 0.242 e. The predicted molar refractivity (Wildman–Crippen MR) is 78.0 cm³/mol. The van der Waals surface area contributed by atoms with Crippen molar-refractivity contribution in [3.8, 4) is 0 Å². The number of anilines is 1. The van der Waals surface area contributed by atoms with Crippen LogP contribution in [0.2, 0.25) is 10.0 Å². The fourth-order valence-electron chi connectivity index (χ4n) is 2.10. The van der Waals surface area contributed by atoms with Gasteiger partial charge in [0.25, 0.3) is 0 Å². The first-order chi connectivity index (χ1) is 8.83. The highest BCUT2D eigenvalue weighted by molar-refractivity contribution is 7.89. The number of nitrogens with two attached hydrogens (primary N) is 1. The predicted octanol–water partition coefficient (Wildman–Crippen LogP) is 3.04. The molecular weight excluding hydrogens is 307 g/mol. The SMILES string of the molecule is CC(NS(=O)(=O)c1ccc(Cl)c(N)c1Cl)C1CCC1. The Morgan fingerprint density at radius 3 is 2.53 bits per heavy atom. The van der Waals surface area contributed by atoms with E-state index in [2.05, 4.69) is 4.72 Å². The Hall–Kier alpha value is -0.490. The van der Waals surface area contributed by atoms with E-state index >= 15 is 0 Å². The molecule has 1 aromatic carbocycles. The van der Waals surface area contributed by atoms with Crippen LogP contribution in [0.4, 0.5) is 5.69 Å². The number of halogens is 2. The molecule has 106 valence electrons. The highest BCUT2D eigenvalue weighted by Crippen LogP contribution is 2.34. The van der Waals surface area contributed by atoms with Crippen LogP contribution >= 0.6 is 23.2 Å². The molecule has 1 unspecified atom stereocenters. The van der Waals surface area contributed by atoms with Crippen LogP contribution in [0, 0.1) is 5.92 Å². The summed E-state index contributed by atoms with van der Waals surface area (Å²) < 4.78 is 27.2. The van der Waals surface area contributed by atoms with Crippen LogP contribution in [-0.2, 0) is 10.0 Å². The van der Waals surface area contributed by atoms with E-state index < -0.39 is 10.0 Å². The number of rotatable bonds is 4. The summed E-state index contributed by atoms with van der Waals surface area (Å²) in [7, 11) is -3.67. The van der Waals surface area contributed by atoms with Crippen molar-refractivity contribution >= 4 is 38.9 Å². The Balaban J connectivity index is 2.26. The zero-order valence-corrected chi connectivity index (χ0v) is 12.8. The maximum absolute atomic E-state index is 12.3. The van der Waals surface area contributed by atoms with Crippen LogP contribution in [0.15, 0.2) is 17.0 Å². The topological polar surface area (TPSA) is 72.2 Å². The molecule has 0 saturated heterocycles. The lowest BCUT2D eigenvalue weighted by Crippen LogP contribution is -2.40. The van der Waals surface area contributed by atoms with Crippen LogP contribution in [0.1, 0.15) is 26.2 Å². The minimum Gasteiger partial charge on any atom is -0.396 e. The van der Waals surface area contributed by atoms with Gasteiger partial charge in [-0.2, -0.15) is 0 Å². The molecule has 7 heteroatoms.